The number of ether oxygens (including phenoxy) is 1. The predicted octanol–water partition coefficient (Wildman–Crippen LogP) is 5.52. The second-order valence-corrected chi connectivity index (χ2v) is 12.5. The molecule has 0 unspecified atom stereocenters. The molecule has 2 N–H and O–H groups in total. The Morgan fingerprint density at radius 2 is 1.97 bits per heavy atom. The van der Waals surface area contributed by atoms with E-state index in [9.17, 15) is 8.42 Å². The first kappa shape index (κ1) is 23.9. The molecule has 0 atom stereocenters. The highest BCUT2D eigenvalue weighted by Crippen LogP contribution is 2.38. The Morgan fingerprint density at radius 1 is 1.17 bits per heavy atom. The molecule has 1 aliphatic carbocycles. The number of rotatable bonds is 8. The van der Waals surface area contributed by atoms with Crippen molar-refractivity contribution in [1.82, 2.24) is 9.97 Å². The molecule has 35 heavy (non-hydrogen) atoms. The number of sulfone groups is 1. The van der Waals surface area contributed by atoms with E-state index in [1.165, 1.54) is 12.8 Å². The zero-order valence-electron chi connectivity index (χ0n) is 19.7. The van der Waals surface area contributed by atoms with Crippen LogP contribution in [0.3, 0.4) is 0 Å². The monoisotopic (exact) mass is 557 g/mol. The molecule has 1 aromatic heterocycles. The normalized spacial score (nSPS) is 15.5. The molecule has 0 bridgehead atoms. The summed E-state index contributed by atoms with van der Waals surface area (Å²) in [6.45, 7) is 6.01. The van der Waals surface area contributed by atoms with Crippen LogP contribution in [0.5, 0.6) is 5.75 Å². The van der Waals surface area contributed by atoms with Crippen molar-refractivity contribution in [3.63, 3.8) is 0 Å². The minimum Gasteiger partial charge on any atom is -0.489 e. The van der Waals surface area contributed by atoms with E-state index in [1.54, 1.807) is 44.3 Å². The summed E-state index contributed by atoms with van der Waals surface area (Å²) in [6, 6.07) is 12.9. The van der Waals surface area contributed by atoms with E-state index in [2.05, 4.69) is 47.5 Å². The van der Waals surface area contributed by atoms with E-state index < -0.39 is 15.1 Å². The first-order valence-electron chi connectivity index (χ1n) is 11.7. The third-order valence-electron chi connectivity index (χ3n) is 6.16. The van der Waals surface area contributed by atoms with Crippen molar-refractivity contribution in [2.24, 2.45) is 5.92 Å². The number of aromatic nitrogens is 2. The molecular formula is C25H28BrN5O3S. The van der Waals surface area contributed by atoms with E-state index in [0.717, 1.165) is 36.1 Å². The van der Waals surface area contributed by atoms with E-state index in [1.807, 2.05) is 12.1 Å². The molecule has 2 aliphatic rings. The number of hydrogen-bond donors (Lipinski definition) is 2. The van der Waals surface area contributed by atoms with Gasteiger partial charge in [0.1, 0.15) is 18.2 Å². The van der Waals surface area contributed by atoms with Crippen molar-refractivity contribution >= 4 is 54.6 Å². The molecule has 0 amide bonds. The Kier molecular flexibility index (Phi) is 6.59. The molecule has 3 aromatic rings. The summed E-state index contributed by atoms with van der Waals surface area (Å²) >= 11 is 3.47. The van der Waals surface area contributed by atoms with E-state index in [-0.39, 0.29) is 4.90 Å². The highest BCUT2D eigenvalue weighted by atomic mass is 79.9. The van der Waals surface area contributed by atoms with Gasteiger partial charge in [0, 0.05) is 24.5 Å². The Bertz CT molecular complexity index is 1340. The fourth-order valence-electron chi connectivity index (χ4n) is 4.00. The lowest BCUT2D eigenvalue weighted by Crippen LogP contribution is -2.34. The topological polar surface area (TPSA) is 96.5 Å². The Balaban J connectivity index is 1.37. The maximum Gasteiger partial charge on any atom is 0.229 e. The van der Waals surface area contributed by atoms with Gasteiger partial charge < -0.3 is 20.3 Å². The minimum absolute atomic E-state index is 0.234. The molecular weight excluding hydrogens is 530 g/mol. The zero-order chi connectivity index (χ0) is 24.6. The standard InChI is InChI=1S/C25H28BrN5O3S/c1-16(2)35(32,33)23-6-4-3-5-20(23)29-24-19(26)14-27-25(30-24)28-18-9-10-21-22(13-18)34-12-11-31(21)15-17-7-8-17/h3-6,9-10,13-14,16-17H,7-8,11-12,15H2,1-2H3,(H2,27,28,29,30). The maximum absolute atomic E-state index is 12.8. The van der Waals surface area contributed by atoms with Gasteiger partial charge in [0.2, 0.25) is 5.95 Å². The molecule has 5 rings (SSSR count). The Labute approximate surface area is 214 Å². The van der Waals surface area contributed by atoms with Gasteiger partial charge in [-0.05, 0) is 72.8 Å². The summed E-state index contributed by atoms with van der Waals surface area (Å²) in [5.74, 6) is 2.50. The summed E-state index contributed by atoms with van der Waals surface area (Å²) in [5, 5.41) is 5.86. The average molecular weight is 559 g/mol. The fourth-order valence-corrected chi connectivity index (χ4v) is 5.49. The van der Waals surface area contributed by atoms with Crippen LogP contribution in [-0.4, -0.2) is 43.3 Å². The van der Waals surface area contributed by atoms with Gasteiger partial charge in [0.15, 0.2) is 9.84 Å². The molecule has 2 aromatic carbocycles. The lowest BCUT2D eigenvalue weighted by atomic mass is 10.2. The highest BCUT2D eigenvalue weighted by molar-refractivity contribution is 9.10. The summed E-state index contributed by atoms with van der Waals surface area (Å²) in [5.41, 5.74) is 2.40. The average Bonchev–Trinajstić information content (AvgIpc) is 3.65. The number of hydrogen-bond acceptors (Lipinski definition) is 8. The number of para-hydroxylation sites is 1. The van der Waals surface area contributed by atoms with E-state index in [0.29, 0.717) is 28.5 Å². The van der Waals surface area contributed by atoms with Crippen LogP contribution in [0.15, 0.2) is 58.0 Å². The van der Waals surface area contributed by atoms with E-state index in [4.69, 9.17) is 4.74 Å². The Hall–Kier alpha value is -2.85. The van der Waals surface area contributed by atoms with Gasteiger partial charge in [0.25, 0.3) is 0 Å². The van der Waals surface area contributed by atoms with Crippen LogP contribution in [0, 0.1) is 5.92 Å². The summed E-state index contributed by atoms with van der Waals surface area (Å²) in [6.07, 6.45) is 4.26. The van der Waals surface area contributed by atoms with Crippen LogP contribution in [-0.2, 0) is 9.84 Å². The van der Waals surface area contributed by atoms with Crippen LogP contribution >= 0.6 is 15.9 Å². The van der Waals surface area contributed by atoms with Gasteiger partial charge in [-0.3, -0.25) is 0 Å². The van der Waals surface area contributed by atoms with Crippen LogP contribution in [0.25, 0.3) is 0 Å². The molecule has 0 spiro atoms. The first-order valence-corrected chi connectivity index (χ1v) is 14.1. The second-order valence-electron chi connectivity index (χ2n) is 9.15. The number of benzene rings is 2. The van der Waals surface area contributed by atoms with Gasteiger partial charge in [-0.1, -0.05) is 12.1 Å². The first-order chi connectivity index (χ1) is 16.8. The molecule has 0 saturated heterocycles. The van der Waals surface area contributed by atoms with Crippen molar-refractivity contribution in [1.29, 1.82) is 0 Å². The number of anilines is 5. The maximum atomic E-state index is 12.8. The fraction of sp³-hybridized carbons (Fsp3) is 0.360. The number of fused-ring (bicyclic) bond motifs is 1. The van der Waals surface area contributed by atoms with Gasteiger partial charge in [0.05, 0.1) is 32.5 Å². The van der Waals surface area contributed by atoms with Crippen molar-refractivity contribution in [3.05, 3.63) is 53.1 Å². The molecule has 1 saturated carbocycles. The largest absolute Gasteiger partial charge is 0.489 e. The minimum atomic E-state index is -3.47. The van der Waals surface area contributed by atoms with Gasteiger partial charge in [-0.15, -0.1) is 0 Å². The van der Waals surface area contributed by atoms with Crippen LogP contribution in [0.1, 0.15) is 26.7 Å². The van der Waals surface area contributed by atoms with Crippen molar-refractivity contribution < 1.29 is 13.2 Å². The van der Waals surface area contributed by atoms with Crippen LogP contribution in [0.2, 0.25) is 0 Å². The molecule has 1 aliphatic heterocycles. The quantitative estimate of drug-likeness (QED) is 0.373. The van der Waals surface area contributed by atoms with Gasteiger partial charge in [-0.2, -0.15) is 4.98 Å². The predicted molar refractivity (Wildman–Crippen MR) is 142 cm³/mol. The molecule has 10 heteroatoms. The lowest BCUT2D eigenvalue weighted by molar-refractivity contribution is 0.306. The summed E-state index contributed by atoms with van der Waals surface area (Å²) < 4.78 is 32.2. The smallest absolute Gasteiger partial charge is 0.229 e. The lowest BCUT2D eigenvalue weighted by Gasteiger charge is -2.31. The molecule has 1 fully saturated rings. The van der Waals surface area contributed by atoms with Crippen molar-refractivity contribution in [2.45, 2.75) is 36.8 Å². The second kappa shape index (κ2) is 9.66. The number of nitrogens with one attached hydrogen (secondary N) is 2. The zero-order valence-corrected chi connectivity index (χ0v) is 22.1. The molecule has 8 nitrogen and oxygen atoms in total. The summed E-state index contributed by atoms with van der Waals surface area (Å²) in [7, 11) is -3.47. The number of nitrogens with zero attached hydrogens (tertiary/aromatic N) is 3. The Morgan fingerprint density at radius 3 is 2.74 bits per heavy atom. The molecule has 0 radical (unpaired) electrons. The van der Waals surface area contributed by atoms with Crippen LogP contribution in [0.4, 0.5) is 28.8 Å². The molecule has 2 heterocycles. The van der Waals surface area contributed by atoms with Crippen molar-refractivity contribution in [3.8, 4) is 5.75 Å². The van der Waals surface area contributed by atoms with Crippen molar-refractivity contribution in [2.75, 3.05) is 35.2 Å². The SMILES string of the molecule is CC(C)S(=O)(=O)c1ccccc1Nc1nc(Nc2ccc3c(c2)OCCN3CC2CC2)ncc1Br. The highest BCUT2D eigenvalue weighted by Gasteiger charge is 2.27. The molecule has 184 valence electrons. The van der Waals surface area contributed by atoms with Crippen LogP contribution < -0.4 is 20.3 Å². The van der Waals surface area contributed by atoms with Gasteiger partial charge in [-0.25, -0.2) is 13.4 Å². The third kappa shape index (κ3) is 5.23. The summed E-state index contributed by atoms with van der Waals surface area (Å²) in [4.78, 5) is 11.6. The third-order valence-corrected chi connectivity index (χ3v) is 8.95. The van der Waals surface area contributed by atoms with E-state index >= 15 is 0 Å². The number of halogens is 1. The van der Waals surface area contributed by atoms with Gasteiger partial charge >= 0.3 is 0 Å².